The van der Waals surface area contributed by atoms with Crippen LogP contribution in [-0.2, 0) is 0 Å². The van der Waals surface area contributed by atoms with Crippen LogP contribution in [0, 0.1) is 5.92 Å². The molecule has 1 N–H and O–H groups in total. The van der Waals surface area contributed by atoms with Crippen molar-refractivity contribution in [1.29, 1.82) is 0 Å². The summed E-state index contributed by atoms with van der Waals surface area (Å²) in [4.78, 5) is 2.59. The van der Waals surface area contributed by atoms with E-state index in [0.29, 0.717) is 0 Å². The highest BCUT2D eigenvalue weighted by molar-refractivity contribution is 4.77. The van der Waals surface area contributed by atoms with Crippen LogP contribution in [0.2, 0.25) is 0 Å². The molecule has 0 bridgehead atoms. The molecule has 1 saturated carbocycles. The van der Waals surface area contributed by atoms with Crippen LogP contribution in [0.1, 0.15) is 46.0 Å². The van der Waals surface area contributed by atoms with Gasteiger partial charge < -0.3 is 10.2 Å². The Morgan fingerprint density at radius 2 is 1.93 bits per heavy atom. The molecule has 0 saturated heterocycles. The Hall–Kier alpha value is -0.0800. The predicted octanol–water partition coefficient (Wildman–Crippen LogP) is 2.50. The van der Waals surface area contributed by atoms with Crippen molar-refractivity contribution in [1.82, 2.24) is 10.2 Å². The van der Waals surface area contributed by atoms with Gasteiger partial charge in [0, 0.05) is 19.6 Å². The maximum Gasteiger partial charge on any atom is 0.0107 e. The third-order valence-corrected chi connectivity index (χ3v) is 3.22. The minimum Gasteiger partial charge on any atom is -0.315 e. The van der Waals surface area contributed by atoms with Crippen molar-refractivity contribution >= 4 is 0 Å². The third kappa shape index (κ3) is 6.91. The SMILES string of the molecule is CCCCCNCCN(CC)CC1CC1. The summed E-state index contributed by atoms with van der Waals surface area (Å²) in [7, 11) is 0. The van der Waals surface area contributed by atoms with Gasteiger partial charge in [-0.15, -0.1) is 0 Å². The average molecular weight is 212 g/mol. The molecule has 0 heterocycles. The van der Waals surface area contributed by atoms with E-state index in [2.05, 4.69) is 24.1 Å². The zero-order valence-corrected chi connectivity index (χ0v) is 10.6. The predicted molar refractivity (Wildman–Crippen MR) is 67.2 cm³/mol. The van der Waals surface area contributed by atoms with Crippen LogP contribution < -0.4 is 5.32 Å². The largest absolute Gasteiger partial charge is 0.315 e. The summed E-state index contributed by atoms with van der Waals surface area (Å²) in [5.41, 5.74) is 0. The van der Waals surface area contributed by atoms with Gasteiger partial charge in [-0.2, -0.15) is 0 Å². The first kappa shape index (κ1) is 13.0. The molecule has 0 aromatic heterocycles. The Labute approximate surface area is 95.4 Å². The molecule has 0 aromatic carbocycles. The number of likely N-dealkylation sites (N-methyl/N-ethyl adjacent to an activating group) is 1. The van der Waals surface area contributed by atoms with E-state index in [1.165, 1.54) is 64.8 Å². The van der Waals surface area contributed by atoms with Crippen LogP contribution in [0.3, 0.4) is 0 Å². The van der Waals surface area contributed by atoms with Gasteiger partial charge in [-0.3, -0.25) is 0 Å². The number of nitrogens with one attached hydrogen (secondary N) is 1. The van der Waals surface area contributed by atoms with E-state index >= 15 is 0 Å². The van der Waals surface area contributed by atoms with Crippen LogP contribution in [0.5, 0.6) is 0 Å². The minimum absolute atomic E-state index is 1.03. The van der Waals surface area contributed by atoms with E-state index in [-0.39, 0.29) is 0 Å². The monoisotopic (exact) mass is 212 g/mol. The molecule has 0 atom stereocenters. The number of unbranched alkanes of at least 4 members (excludes halogenated alkanes) is 2. The molecule has 1 aliphatic rings. The van der Waals surface area contributed by atoms with E-state index < -0.39 is 0 Å². The van der Waals surface area contributed by atoms with Crippen molar-refractivity contribution in [3.8, 4) is 0 Å². The number of nitrogens with zero attached hydrogens (tertiary/aromatic N) is 1. The maximum absolute atomic E-state index is 3.54. The van der Waals surface area contributed by atoms with E-state index in [0.717, 1.165) is 5.92 Å². The Balaban J connectivity index is 1.87. The van der Waals surface area contributed by atoms with E-state index in [1.54, 1.807) is 0 Å². The second-order valence-electron chi connectivity index (χ2n) is 4.79. The van der Waals surface area contributed by atoms with Crippen molar-refractivity contribution in [2.24, 2.45) is 5.92 Å². The fourth-order valence-electron chi connectivity index (χ4n) is 1.91. The highest BCUT2D eigenvalue weighted by atomic mass is 15.1. The van der Waals surface area contributed by atoms with Gasteiger partial charge in [0.05, 0.1) is 0 Å². The fraction of sp³-hybridized carbons (Fsp3) is 1.00. The Morgan fingerprint density at radius 1 is 1.13 bits per heavy atom. The Bertz CT molecular complexity index is 143. The van der Waals surface area contributed by atoms with Gasteiger partial charge in [0.25, 0.3) is 0 Å². The Kier molecular flexibility index (Phi) is 7.03. The van der Waals surface area contributed by atoms with Gasteiger partial charge in [0.15, 0.2) is 0 Å². The molecule has 2 heteroatoms. The van der Waals surface area contributed by atoms with E-state index in [9.17, 15) is 0 Å². The minimum atomic E-state index is 1.03. The topological polar surface area (TPSA) is 15.3 Å². The van der Waals surface area contributed by atoms with Crippen molar-refractivity contribution in [3.63, 3.8) is 0 Å². The van der Waals surface area contributed by atoms with Crippen LogP contribution in [-0.4, -0.2) is 37.6 Å². The lowest BCUT2D eigenvalue weighted by molar-refractivity contribution is 0.276. The number of hydrogen-bond donors (Lipinski definition) is 1. The van der Waals surface area contributed by atoms with Gasteiger partial charge in [-0.25, -0.2) is 0 Å². The van der Waals surface area contributed by atoms with Crippen LogP contribution in [0.15, 0.2) is 0 Å². The first-order chi connectivity index (χ1) is 7.36. The van der Waals surface area contributed by atoms with Gasteiger partial charge in [0.2, 0.25) is 0 Å². The van der Waals surface area contributed by atoms with Crippen molar-refractivity contribution in [2.45, 2.75) is 46.0 Å². The second-order valence-corrected chi connectivity index (χ2v) is 4.79. The number of hydrogen-bond acceptors (Lipinski definition) is 2. The van der Waals surface area contributed by atoms with E-state index in [1.807, 2.05) is 0 Å². The third-order valence-electron chi connectivity index (χ3n) is 3.22. The highest BCUT2D eigenvalue weighted by Crippen LogP contribution is 2.29. The molecule has 90 valence electrons. The summed E-state index contributed by atoms with van der Waals surface area (Å²) in [6.07, 6.45) is 6.98. The normalized spacial score (nSPS) is 16.2. The smallest absolute Gasteiger partial charge is 0.0107 e. The number of rotatable bonds is 10. The maximum atomic E-state index is 3.54. The van der Waals surface area contributed by atoms with E-state index in [4.69, 9.17) is 0 Å². The molecule has 0 radical (unpaired) electrons. The zero-order valence-electron chi connectivity index (χ0n) is 10.6. The molecule has 0 aromatic rings. The summed E-state index contributed by atoms with van der Waals surface area (Å²) in [5.74, 6) is 1.03. The summed E-state index contributed by atoms with van der Waals surface area (Å²) < 4.78 is 0. The van der Waals surface area contributed by atoms with Crippen molar-refractivity contribution < 1.29 is 0 Å². The molecule has 1 aliphatic carbocycles. The molecule has 0 amide bonds. The summed E-state index contributed by atoms with van der Waals surface area (Å²) in [6.45, 7) is 10.7. The first-order valence-electron chi connectivity index (χ1n) is 6.79. The lowest BCUT2D eigenvalue weighted by Crippen LogP contribution is -2.33. The second kappa shape index (κ2) is 8.12. The molecular formula is C13H28N2. The van der Waals surface area contributed by atoms with Gasteiger partial charge in [0.1, 0.15) is 0 Å². The molecule has 1 fully saturated rings. The molecule has 0 aliphatic heterocycles. The van der Waals surface area contributed by atoms with Crippen LogP contribution >= 0.6 is 0 Å². The molecule has 2 nitrogen and oxygen atoms in total. The first-order valence-corrected chi connectivity index (χ1v) is 6.79. The van der Waals surface area contributed by atoms with Gasteiger partial charge >= 0.3 is 0 Å². The Morgan fingerprint density at radius 3 is 2.53 bits per heavy atom. The summed E-state index contributed by atoms with van der Waals surface area (Å²) in [5, 5.41) is 3.54. The highest BCUT2D eigenvalue weighted by Gasteiger charge is 2.23. The van der Waals surface area contributed by atoms with Crippen LogP contribution in [0.4, 0.5) is 0 Å². The fourth-order valence-corrected chi connectivity index (χ4v) is 1.91. The zero-order chi connectivity index (χ0) is 10.9. The van der Waals surface area contributed by atoms with Crippen LogP contribution in [0.25, 0.3) is 0 Å². The van der Waals surface area contributed by atoms with Crippen molar-refractivity contribution in [3.05, 3.63) is 0 Å². The molecule has 15 heavy (non-hydrogen) atoms. The molecule has 0 spiro atoms. The summed E-state index contributed by atoms with van der Waals surface area (Å²) in [6, 6.07) is 0. The molecule has 0 unspecified atom stereocenters. The standard InChI is InChI=1S/C13H28N2/c1-3-5-6-9-14-10-11-15(4-2)12-13-7-8-13/h13-14H,3-12H2,1-2H3. The van der Waals surface area contributed by atoms with Gasteiger partial charge in [-0.05, 0) is 38.3 Å². The average Bonchev–Trinajstić information content (AvgIpc) is 3.05. The molecular weight excluding hydrogens is 184 g/mol. The van der Waals surface area contributed by atoms with Crippen molar-refractivity contribution in [2.75, 3.05) is 32.7 Å². The summed E-state index contributed by atoms with van der Waals surface area (Å²) >= 11 is 0. The molecule has 1 rings (SSSR count). The lowest BCUT2D eigenvalue weighted by atomic mass is 10.2. The van der Waals surface area contributed by atoms with Gasteiger partial charge in [-0.1, -0.05) is 26.7 Å². The lowest BCUT2D eigenvalue weighted by Gasteiger charge is -2.20. The quantitative estimate of drug-likeness (QED) is 0.560.